The van der Waals surface area contributed by atoms with Crippen LogP contribution in [0.15, 0.2) is 67.0 Å². The molecule has 34 heavy (non-hydrogen) atoms. The quantitative estimate of drug-likeness (QED) is 0.433. The second-order valence-electron chi connectivity index (χ2n) is 8.45. The second kappa shape index (κ2) is 11.7. The van der Waals surface area contributed by atoms with Gasteiger partial charge >= 0.3 is 0 Å². The summed E-state index contributed by atoms with van der Waals surface area (Å²) in [5.74, 6) is 2.10. The Morgan fingerprint density at radius 3 is 2.47 bits per heavy atom. The molecule has 3 aromatic rings. The van der Waals surface area contributed by atoms with Gasteiger partial charge < -0.3 is 29.3 Å². The first-order valence-corrected chi connectivity index (χ1v) is 11.7. The molecule has 180 valence electrons. The molecule has 1 fully saturated rings. The lowest BCUT2D eigenvalue weighted by Crippen LogP contribution is -2.21. The number of hydrogen-bond donors (Lipinski definition) is 2. The number of hydrogen-bond acceptors (Lipinski definition) is 7. The van der Waals surface area contributed by atoms with Crippen LogP contribution >= 0.6 is 0 Å². The third-order valence-corrected chi connectivity index (χ3v) is 5.92. The zero-order chi connectivity index (χ0) is 23.8. The number of anilines is 2. The first-order valence-electron chi connectivity index (χ1n) is 11.7. The number of pyridine rings is 1. The van der Waals surface area contributed by atoms with Crippen molar-refractivity contribution in [1.82, 2.24) is 4.98 Å². The molecule has 0 bridgehead atoms. The number of nitrogens with zero attached hydrogens (tertiary/aromatic N) is 2. The van der Waals surface area contributed by atoms with Crippen LogP contribution in [0.2, 0.25) is 0 Å². The molecule has 0 radical (unpaired) electrons. The highest BCUT2D eigenvalue weighted by atomic mass is 16.5. The number of aromatic nitrogens is 1. The van der Waals surface area contributed by atoms with E-state index in [-0.39, 0.29) is 19.3 Å². The molecule has 7 heteroatoms. The molecular weight excluding hydrogens is 432 g/mol. The van der Waals surface area contributed by atoms with E-state index < -0.39 is 6.10 Å². The van der Waals surface area contributed by atoms with Crippen molar-refractivity contribution in [2.24, 2.45) is 0 Å². The van der Waals surface area contributed by atoms with Gasteiger partial charge in [-0.2, -0.15) is 0 Å². The Hall–Kier alpha value is -3.29. The van der Waals surface area contributed by atoms with Gasteiger partial charge in [-0.25, -0.2) is 0 Å². The van der Waals surface area contributed by atoms with Gasteiger partial charge in [-0.3, -0.25) is 4.98 Å². The van der Waals surface area contributed by atoms with E-state index in [1.807, 2.05) is 60.8 Å². The van der Waals surface area contributed by atoms with Crippen molar-refractivity contribution >= 4 is 11.4 Å². The van der Waals surface area contributed by atoms with Gasteiger partial charge in [0, 0.05) is 36.4 Å². The molecular formula is C27H32N2O5. The summed E-state index contributed by atoms with van der Waals surface area (Å²) in [6.45, 7) is 0.321. The average Bonchev–Trinajstić information content (AvgIpc) is 3.40. The van der Waals surface area contributed by atoms with E-state index in [0.29, 0.717) is 12.3 Å². The van der Waals surface area contributed by atoms with E-state index in [1.54, 1.807) is 13.3 Å². The maximum Gasteiger partial charge on any atom is 0.163 e. The van der Waals surface area contributed by atoms with Gasteiger partial charge in [-0.15, -0.1) is 0 Å². The lowest BCUT2D eigenvalue weighted by molar-refractivity contribution is 0.0536. The van der Waals surface area contributed by atoms with Crippen molar-refractivity contribution in [2.75, 3.05) is 25.2 Å². The monoisotopic (exact) mass is 464 g/mol. The van der Waals surface area contributed by atoms with Crippen LogP contribution in [0.25, 0.3) is 0 Å². The average molecular weight is 465 g/mol. The maximum absolute atomic E-state index is 9.53. The smallest absolute Gasteiger partial charge is 0.163 e. The number of benzene rings is 2. The molecule has 1 unspecified atom stereocenters. The summed E-state index contributed by atoms with van der Waals surface area (Å²) in [5.41, 5.74) is 3.01. The number of aliphatic hydroxyl groups excluding tert-OH is 2. The molecule has 2 N–H and O–H groups in total. The fraction of sp³-hybridized carbons (Fsp3) is 0.370. The van der Waals surface area contributed by atoms with E-state index in [1.165, 1.54) is 12.8 Å². The Balaban J connectivity index is 1.62. The summed E-state index contributed by atoms with van der Waals surface area (Å²) >= 11 is 0. The van der Waals surface area contributed by atoms with Gasteiger partial charge in [0.1, 0.15) is 18.5 Å². The number of methoxy groups -OCH3 is 1. The molecule has 1 saturated carbocycles. The Morgan fingerprint density at radius 2 is 1.79 bits per heavy atom. The molecule has 1 atom stereocenters. The molecule has 0 saturated heterocycles. The largest absolute Gasteiger partial charge is 0.493 e. The highest BCUT2D eigenvalue weighted by molar-refractivity contribution is 5.67. The normalized spacial score (nSPS) is 14.6. The zero-order valence-electron chi connectivity index (χ0n) is 19.5. The van der Waals surface area contributed by atoms with Crippen LogP contribution in [0.3, 0.4) is 0 Å². The Labute approximate surface area is 200 Å². The molecule has 4 rings (SSSR count). The SMILES string of the molecule is COc1ccc(N(Cc2cccnc2)c2ccc(OCC(O)CO)cc2)cc1OC1CCCC1. The van der Waals surface area contributed by atoms with E-state index in [2.05, 4.69) is 9.88 Å². The van der Waals surface area contributed by atoms with Crippen molar-refractivity contribution in [3.8, 4) is 17.2 Å². The predicted molar refractivity (Wildman–Crippen MR) is 131 cm³/mol. The van der Waals surface area contributed by atoms with E-state index in [4.69, 9.17) is 19.3 Å². The summed E-state index contributed by atoms with van der Waals surface area (Å²) in [4.78, 5) is 6.45. The lowest BCUT2D eigenvalue weighted by atomic mass is 10.1. The van der Waals surface area contributed by atoms with Crippen LogP contribution in [0.4, 0.5) is 11.4 Å². The standard InChI is InChI=1S/C27H32N2O5/c1-32-26-13-10-22(15-27(26)34-25-6-2-3-7-25)29(17-20-5-4-14-28-16-20)21-8-11-24(12-9-21)33-19-23(31)18-30/h4-5,8-16,23,25,30-31H,2-3,6-7,17-19H2,1H3. The van der Waals surface area contributed by atoms with Crippen molar-refractivity contribution < 1.29 is 24.4 Å². The van der Waals surface area contributed by atoms with Crippen LogP contribution in [-0.2, 0) is 6.54 Å². The van der Waals surface area contributed by atoms with Crippen molar-refractivity contribution in [3.05, 3.63) is 72.6 Å². The van der Waals surface area contributed by atoms with Crippen LogP contribution < -0.4 is 19.1 Å². The van der Waals surface area contributed by atoms with E-state index in [0.717, 1.165) is 41.3 Å². The Bertz CT molecular complexity index is 1020. The molecule has 1 aromatic heterocycles. The minimum Gasteiger partial charge on any atom is -0.493 e. The minimum absolute atomic E-state index is 0.0373. The zero-order valence-corrected chi connectivity index (χ0v) is 19.5. The minimum atomic E-state index is -0.903. The first kappa shape index (κ1) is 23.9. The Morgan fingerprint density at radius 1 is 1.03 bits per heavy atom. The van der Waals surface area contributed by atoms with Crippen molar-refractivity contribution in [3.63, 3.8) is 0 Å². The topological polar surface area (TPSA) is 84.3 Å². The van der Waals surface area contributed by atoms with Crippen molar-refractivity contribution in [2.45, 2.75) is 44.4 Å². The first-order chi connectivity index (χ1) is 16.7. The highest BCUT2D eigenvalue weighted by Gasteiger charge is 2.20. The van der Waals surface area contributed by atoms with Gasteiger partial charge in [-0.1, -0.05) is 6.07 Å². The maximum atomic E-state index is 9.53. The van der Waals surface area contributed by atoms with Gasteiger partial charge in [0.25, 0.3) is 0 Å². The molecule has 0 spiro atoms. The number of ether oxygens (including phenoxy) is 3. The van der Waals surface area contributed by atoms with E-state index >= 15 is 0 Å². The summed E-state index contributed by atoms with van der Waals surface area (Å²) in [7, 11) is 1.66. The molecule has 0 aliphatic heterocycles. The predicted octanol–water partition coefficient (Wildman–Crippen LogP) is 4.48. The summed E-state index contributed by atoms with van der Waals surface area (Å²) in [5, 5.41) is 18.5. The van der Waals surface area contributed by atoms with E-state index in [9.17, 15) is 5.11 Å². The summed E-state index contributed by atoms with van der Waals surface area (Å²) in [6.07, 6.45) is 7.48. The highest BCUT2D eigenvalue weighted by Crippen LogP contribution is 2.38. The summed E-state index contributed by atoms with van der Waals surface area (Å²) < 4.78 is 17.5. The molecule has 1 aliphatic rings. The van der Waals surface area contributed by atoms with Crippen LogP contribution in [0.5, 0.6) is 17.2 Å². The van der Waals surface area contributed by atoms with Gasteiger partial charge in [0.15, 0.2) is 11.5 Å². The fourth-order valence-electron chi connectivity index (χ4n) is 4.08. The van der Waals surface area contributed by atoms with Crippen molar-refractivity contribution in [1.29, 1.82) is 0 Å². The molecule has 2 aromatic carbocycles. The Kier molecular flexibility index (Phi) is 8.22. The lowest BCUT2D eigenvalue weighted by Gasteiger charge is -2.27. The fourth-order valence-corrected chi connectivity index (χ4v) is 4.08. The molecule has 0 amide bonds. The third kappa shape index (κ3) is 6.18. The number of aliphatic hydroxyl groups is 2. The van der Waals surface area contributed by atoms with Gasteiger partial charge in [-0.05, 0) is 73.7 Å². The summed E-state index contributed by atoms with van der Waals surface area (Å²) in [6, 6.07) is 17.6. The molecule has 1 aliphatic carbocycles. The van der Waals surface area contributed by atoms with Gasteiger partial charge in [0.05, 0.1) is 19.8 Å². The second-order valence-corrected chi connectivity index (χ2v) is 8.45. The molecule has 1 heterocycles. The van der Waals surface area contributed by atoms with Crippen LogP contribution in [0, 0.1) is 0 Å². The molecule has 7 nitrogen and oxygen atoms in total. The third-order valence-electron chi connectivity index (χ3n) is 5.92. The van der Waals surface area contributed by atoms with Crippen LogP contribution in [-0.4, -0.2) is 47.7 Å². The number of rotatable bonds is 11. The van der Waals surface area contributed by atoms with Crippen LogP contribution in [0.1, 0.15) is 31.2 Å². The van der Waals surface area contributed by atoms with Gasteiger partial charge in [0.2, 0.25) is 0 Å².